The SMILES string of the molecule is Cn1cncc1-c1c[nH]nc1C1CC1. The number of aromatic nitrogens is 4. The van der Waals surface area contributed by atoms with E-state index in [2.05, 4.69) is 15.2 Å². The quantitative estimate of drug-likeness (QED) is 0.779. The van der Waals surface area contributed by atoms with Crippen LogP contribution in [0.3, 0.4) is 0 Å². The average Bonchev–Trinajstić information content (AvgIpc) is 2.75. The third kappa shape index (κ3) is 1.07. The van der Waals surface area contributed by atoms with Gasteiger partial charge in [-0.15, -0.1) is 0 Å². The average molecular weight is 188 g/mol. The number of rotatable bonds is 2. The van der Waals surface area contributed by atoms with E-state index in [0.717, 1.165) is 5.69 Å². The Morgan fingerprint density at radius 1 is 1.50 bits per heavy atom. The van der Waals surface area contributed by atoms with Crippen LogP contribution in [-0.2, 0) is 7.05 Å². The molecule has 1 fully saturated rings. The highest BCUT2D eigenvalue weighted by atomic mass is 15.1. The van der Waals surface area contributed by atoms with Gasteiger partial charge in [0.2, 0.25) is 0 Å². The summed E-state index contributed by atoms with van der Waals surface area (Å²) in [5, 5.41) is 7.25. The molecular formula is C10H12N4. The minimum atomic E-state index is 0.672. The second kappa shape index (κ2) is 2.70. The maximum absolute atomic E-state index is 4.31. The fourth-order valence-electron chi connectivity index (χ4n) is 1.79. The van der Waals surface area contributed by atoms with Gasteiger partial charge in [0.15, 0.2) is 0 Å². The number of hydrogen-bond acceptors (Lipinski definition) is 2. The van der Waals surface area contributed by atoms with Gasteiger partial charge in [0.25, 0.3) is 0 Å². The van der Waals surface area contributed by atoms with Gasteiger partial charge in [-0.25, -0.2) is 4.98 Å². The molecule has 1 aliphatic rings. The second-order valence-corrected chi connectivity index (χ2v) is 3.85. The van der Waals surface area contributed by atoms with Gasteiger partial charge in [-0.3, -0.25) is 5.10 Å². The molecule has 1 aliphatic carbocycles. The molecule has 1 N–H and O–H groups in total. The van der Waals surface area contributed by atoms with Gasteiger partial charge < -0.3 is 4.57 Å². The molecule has 14 heavy (non-hydrogen) atoms. The largest absolute Gasteiger partial charge is 0.334 e. The van der Waals surface area contributed by atoms with Gasteiger partial charge in [-0.05, 0) is 12.8 Å². The van der Waals surface area contributed by atoms with Crippen molar-refractivity contribution < 1.29 is 0 Å². The molecule has 0 unspecified atom stereocenters. The fraction of sp³-hybridized carbons (Fsp3) is 0.400. The van der Waals surface area contributed by atoms with Crippen LogP contribution in [0.1, 0.15) is 24.5 Å². The topological polar surface area (TPSA) is 46.5 Å². The molecule has 0 amide bonds. The molecule has 2 heterocycles. The smallest absolute Gasteiger partial charge is 0.0948 e. The van der Waals surface area contributed by atoms with E-state index in [-0.39, 0.29) is 0 Å². The Hall–Kier alpha value is -1.58. The summed E-state index contributed by atoms with van der Waals surface area (Å²) >= 11 is 0. The van der Waals surface area contributed by atoms with Crippen LogP contribution >= 0.6 is 0 Å². The summed E-state index contributed by atoms with van der Waals surface area (Å²) in [6, 6.07) is 0. The van der Waals surface area contributed by atoms with Crippen LogP contribution in [0.4, 0.5) is 0 Å². The van der Waals surface area contributed by atoms with E-state index in [4.69, 9.17) is 0 Å². The van der Waals surface area contributed by atoms with Gasteiger partial charge in [0.1, 0.15) is 0 Å². The summed E-state index contributed by atoms with van der Waals surface area (Å²) in [7, 11) is 2.01. The predicted molar refractivity (Wildman–Crippen MR) is 52.8 cm³/mol. The first kappa shape index (κ1) is 7.79. The molecular weight excluding hydrogens is 176 g/mol. The Labute approximate surface area is 82.0 Å². The molecule has 0 bridgehead atoms. The summed E-state index contributed by atoms with van der Waals surface area (Å²) in [4.78, 5) is 4.12. The first-order valence-corrected chi connectivity index (χ1v) is 4.86. The molecule has 4 nitrogen and oxygen atoms in total. The molecule has 0 spiro atoms. The minimum Gasteiger partial charge on any atom is -0.334 e. The molecule has 0 aromatic carbocycles. The van der Waals surface area contributed by atoms with Crippen LogP contribution in [0.15, 0.2) is 18.7 Å². The van der Waals surface area contributed by atoms with Crippen LogP contribution in [0.5, 0.6) is 0 Å². The Morgan fingerprint density at radius 2 is 2.36 bits per heavy atom. The monoisotopic (exact) mass is 188 g/mol. The fourth-order valence-corrected chi connectivity index (χ4v) is 1.79. The zero-order chi connectivity index (χ0) is 9.54. The van der Waals surface area contributed by atoms with Gasteiger partial charge >= 0.3 is 0 Å². The van der Waals surface area contributed by atoms with Gasteiger partial charge in [-0.2, -0.15) is 5.10 Å². The van der Waals surface area contributed by atoms with Crippen LogP contribution in [0.25, 0.3) is 11.3 Å². The zero-order valence-corrected chi connectivity index (χ0v) is 8.07. The maximum atomic E-state index is 4.31. The number of aryl methyl sites for hydroxylation is 1. The number of nitrogens with one attached hydrogen (secondary N) is 1. The summed E-state index contributed by atoms with van der Waals surface area (Å²) in [6.45, 7) is 0. The number of H-pyrrole nitrogens is 1. The standard InChI is InChI=1S/C10H12N4/c1-14-6-11-5-9(14)8-4-12-13-10(8)7-2-3-7/h4-7H,2-3H2,1H3,(H,12,13). The minimum absolute atomic E-state index is 0.672. The molecule has 0 radical (unpaired) electrons. The van der Waals surface area contributed by atoms with E-state index in [1.807, 2.05) is 30.3 Å². The third-order valence-corrected chi connectivity index (χ3v) is 2.73. The molecule has 0 atom stereocenters. The normalized spacial score (nSPS) is 16.1. The Balaban J connectivity index is 2.11. The highest BCUT2D eigenvalue weighted by Crippen LogP contribution is 2.42. The van der Waals surface area contributed by atoms with Crippen molar-refractivity contribution in [1.29, 1.82) is 0 Å². The number of imidazole rings is 1. The van der Waals surface area contributed by atoms with E-state index < -0.39 is 0 Å². The summed E-state index contributed by atoms with van der Waals surface area (Å²) in [5.74, 6) is 0.672. The summed E-state index contributed by atoms with van der Waals surface area (Å²) < 4.78 is 2.02. The van der Waals surface area contributed by atoms with Crippen molar-refractivity contribution in [2.75, 3.05) is 0 Å². The van der Waals surface area contributed by atoms with Gasteiger partial charge in [0, 0.05) is 24.7 Å². The first-order chi connectivity index (χ1) is 6.86. The van der Waals surface area contributed by atoms with Crippen LogP contribution in [0.2, 0.25) is 0 Å². The lowest BCUT2D eigenvalue weighted by Crippen LogP contribution is -1.91. The van der Waals surface area contributed by atoms with E-state index >= 15 is 0 Å². The summed E-state index contributed by atoms with van der Waals surface area (Å²) in [6.07, 6.45) is 8.21. The lowest BCUT2D eigenvalue weighted by atomic mass is 10.1. The van der Waals surface area contributed by atoms with E-state index in [1.54, 1.807) is 0 Å². The Morgan fingerprint density at radius 3 is 3.00 bits per heavy atom. The molecule has 0 aliphatic heterocycles. The van der Waals surface area contributed by atoms with Crippen molar-refractivity contribution in [2.45, 2.75) is 18.8 Å². The number of hydrogen-bond donors (Lipinski definition) is 1. The molecule has 2 aromatic rings. The predicted octanol–water partition coefficient (Wildman–Crippen LogP) is 1.69. The second-order valence-electron chi connectivity index (χ2n) is 3.85. The van der Waals surface area contributed by atoms with E-state index in [1.165, 1.54) is 24.1 Å². The number of aromatic amines is 1. The van der Waals surface area contributed by atoms with Crippen LogP contribution < -0.4 is 0 Å². The van der Waals surface area contributed by atoms with Crippen molar-refractivity contribution in [3.63, 3.8) is 0 Å². The Kier molecular flexibility index (Phi) is 1.50. The lowest BCUT2D eigenvalue weighted by Gasteiger charge is -2.00. The van der Waals surface area contributed by atoms with Crippen LogP contribution in [-0.4, -0.2) is 19.7 Å². The highest BCUT2D eigenvalue weighted by Gasteiger charge is 2.29. The summed E-state index contributed by atoms with van der Waals surface area (Å²) in [5.41, 5.74) is 3.54. The van der Waals surface area contributed by atoms with Crippen molar-refractivity contribution in [2.24, 2.45) is 7.05 Å². The molecule has 72 valence electrons. The van der Waals surface area contributed by atoms with E-state index in [0.29, 0.717) is 5.92 Å². The number of nitrogens with zero attached hydrogens (tertiary/aromatic N) is 3. The zero-order valence-electron chi connectivity index (χ0n) is 8.07. The molecule has 1 saturated carbocycles. The Bertz CT molecular complexity index is 450. The van der Waals surface area contributed by atoms with Crippen molar-refractivity contribution >= 4 is 0 Å². The third-order valence-electron chi connectivity index (χ3n) is 2.73. The van der Waals surface area contributed by atoms with Gasteiger partial charge in [-0.1, -0.05) is 0 Å². The molecule has 4 heteroatoms. The van der Waals surface area contributed by atoms with E-state index in [9.17, 15) is 0 Å². The first-order valence-electron chi connectivity index (χ1n) is 4.86. The van der Waals surface area contributed by atoms with Crippen molar-refractivity contribution in [1.82, 2.24) is 19.7 Å². The van der Waals surface area contributed by atoms with Crippen molar-refractivity contribution in [3.8, 4) is 11.3 Å². The highest BCUT2D eigenvalue weighted by molar-refractivity contribution is 5.62. The maximum Gasteiger partial charge on any atom is 0.0948 e. The molecule has 3 rings (SSSR count). The van der Waals surface area contributed by atoms with Gasteiger partial charge in [0.05, 0.1) is 23.9 Å². The molecule has 0 saturated heterocycles. The van der Waals surface area contributed by atoms with Crippen molar-refractivity contribution in [3.05, 3.63) is 24.4 Å². The van der Waals surface area contributed by atoms with Crippen LogP contribution in [0, 0.1) is 0 Å². The lowest BCUT2D eigenvalue weighted by molar-refractivity contribution is 0.915. The molecule has 2 aromatic heterocycles.